The number of amides is 1. The van der Waals surface area contributed by atoms with E-state index in [0.717, 1.165) is 11.9 Å². The Morgan fingerprint density at radius 3 is 2.68 bits per heavy atom. The Morgan fingerprint density at radius 1 is 1.45 bits per heavy atom. The molecule has 1 aromatic heterocycles. The Hall–Kier alpha value is -2.90. The molecule has 0 fully saturated rings. The zero-order valence-electron chi connectivity index (χ0n) is 12.2. The second-order valence-corrected chi connectivity index (χ2v) is 4.56. The quantitative estimate of drug-likeness (QED) is 0.652. The van der Waals surface area contributed by atoms with E-state index >= 15 is 0 Å². The maximum Gasteiger partial charge on any atom is 0.307 e. The second-order valence-electron chi connectivity index (χ2n) is 4.56. The highest BCUT2D eigenvalue weighted by molar-refractivity contribution is 5.93. The number of nitrogens with zero attached hydrogens (tertiary/aromatic N) is 3. The van der Waals surface area contributed by atoms with Crippen molar-refractivity contribution in [3.8, 4) is 5.75 Å². The highest BCUT2D eigenvalue weighted by atomic mass is 16.6. The molecule has 0 spiro atoms. The van der Waals surface area contributed by atoms with Crippen molar-refractivity contribution in [1.29, 1.82) is 0 Å². The van der Waals surface area contributed by atoms with Gasteiger partial charge in [-0.05, 0) is 38.1 Å². The van der Waals surface area contributed by atoms with Crippen LogP contribution in [0, 0.1) is 10.1 Å². The Labute approximate surface area is 126 Å². The number of anilines is 1. The minimum Gasteiger partial charge on any atom is -0.494 e. The molecule has 2 rings (SSSR count). The number of hydrogen-bond acceptors (Lipinski definition) is 5. The van der Waals surface area contributed by atoms with Gasteiger partial charge in [0, 0.05) is 5.69 Å². The Kier molecular flexibility index (Phi) is 4.72. The van der Waals surface area contributed by atoms with Crippen LogP contribution in [0.2, 0.25) is 0 Å². The van der Waals surface area contributed by atoms with Gasteiger partial charge in [-0.25, -0.2) is 0 Å². The summed E-state index contributed by atoms with van der Waals surface area (Å²) in [6.07, 6.45) is 2.34. The van der Waals surface area contributed by atoms with Crippen molar-refractivity contribution in [2.24, 2.45) is 0 Å². The molecule has 1 amide bonds. The fraction of sp³-hybridized carbons (Fsp3) is 0.286. The molecule has 0 bridgehead atoms. The van der Waals surface area contributed by atoms with Crippen LogP contribution in [0.15, 0.2) is 36.7 Å². The molecule has 22 heavy (non-hydrogen) atoms. The van der Waals surface area contributed by atoms with E-state index in [2.05, 4.69) is 10.4 Å². The normalized spacial score (nSPS) is 11.7. The van der Waals surface area contributed by atoms with E-state index < -0.39 is 11.0 Å². The lowest BCUT2D eigenvalue weighted by molar-refractivity contribution is -0.385. The summed E-state index contributed by atoms with van der Waals surface area (Å²) in [7, 11) is 0. The lowest BCUT2D eigenvalue weighted by Gasteiger charge is -2.12. The van der Waals surface area contributed by atoms with Crippen molar-refractivity contribution >= 4 is 17.3 Å². The van der Waals surface area contributed by atoms with Gasteiger partial charge in [0.2, 0.25) is 5.91 Å². The van der Waals surface area contributed by atoms with E-state index in [1.165, 1.54) is 10.9 Å². The van der Waals surface area contributed by atoms with Crippen LogP contribution in [0.5, 0.6) is 5.75 Å². The summed E-state index contributed by atoms with van der Waals surface area (Å²) in [6.45, 7) is 4.07. The maximum absolute atomic E-state index is 12.1. The van der Waals surface area contributed by atoms with Crippen LogP contribution < -0.4 is 10.1 Å². The third-order valence-electron chi connectivity index (χ3n) is 3.01. The molecule has 1 unspecified atom stereocenters. The van der Waals surface area contributed by atoms with Gasteiger partial charge >= 0.3 is 5.69 Å². The summed E-state index contributed by atoms with van der Waals surface area (Å²) in [4.78, 5) is 22.2. The number of carbonyl (C=O) groups is 1. The molecule has 2 aromatic rings. The van der Waals surface area contributed by atoms with Crippen molar-refractivity contribution < 1.29 is 14.5 Å². The summed E-state index contributed by atoms with van der Waals surface area (Å²) < 4.78 is 6.57. The van der Waals surface area contributed by atoms with Gasteiger partial charge in [-0.2, -0.15) is 5.10 Å². The maximum atomic E-state index is 12.1. The minimum absolute atomic E-state index is 0.152. The van der Waals surface area contributed by atoms with Gasteiger partial charge in [-0.3, -0.25) is 19.6 Å². The summed E-state index contributed by atoms with van der Waals surface area (Å²) in [5, 5.41) is 17.2. The lowest BCUT2D eigenvalue weighted by Crippen LogP contribution is -2.23. The monoisotopic (exact) mass is 304 g/mol. The second kappa shape index (κ2) is 6.70. The zero-order valence-corrected chi connectivity index (χ0v) is 12.2. The number of ether oxygens (including phenoxy) is 1. The number of rotatable bonds is 6. The summed E-state index contributed by atoms with van der Waals surface area (Å²) in [5.74, 6) is 0.401. The van der Waals surface area contributed by atoms with Crippen molar-refractivity contribution in [1.82, 2.24) is 9.78 Å². The SMILES string of the molecule is CCOc1ccc(NC(=O)C(C)n2cc([N+](=O)[O-])cn2)cc1. The van der Waals surface area contributed by atoms with Crippen LogP contribution in [-0.2, 0) is 4.79 Å². The largest absolute Gasteiger partial charge is 0.494 e. The Balaban J connectivity index is 2.02. The molecule has 1 heterocycles. The van der Waals surface area contributed by atoms with Gasteiger partial charge in [0.25, 0.3) is 0 Å². The van der Waals surface area contributed by atoms with Crippen molar-refractivity contribution in [3.63, 3.8) is 0 Å². The fourth-order valence-corrected chi connectivity index (χ4v) is 1.80. The number of aromatic nitrogens is 2. The molecule has 0 aliphatic rings. The topological polar surface area (TPSA) is 99.3 Å². The van der Waals surface area contributed by atoms with Gasteiger partial charge in [0.15, 0.2) is 0 Å². The molecule has 0 saturated heterocycles. The van der Waals surface area contributed by atoms with Gasteiger partial charge in [0.05, 0.1) is 11.5 Å². The van der Waals surface area contributed by atoms with E-state index in [1.54, 1.807) is 31.2 Å². The molecule has 0 aliphatic carbocycles. The fourth-order valence-electron chi connectivity index (χ4n) is 1.80. The summed E-state index contributed by atoms with van der Waals surface area (Å²) in [5.41, 5.74) is 0.461. The lowest BCUT2D eigenvalue weighted by atomic mass is 10.2. The number of hydrogen-bond donors (Lipinski definition) is 1. The van der Waals surface area contributed by atoms with Crippen molar-refractivity contribution in [2.45, 2.75) is 19.9 Å². The van der Waals surface area contributed by atoms with E-state index in [-0.39, 0.29) is 11.6 Å². The van der Waals surface area contributed by atoms with E-state index in [0.29, 0.717) is 12.3 Å². The molecule has 8 nitrogen and oxygen atoms in total. The minimum atomic E-state index is -0.666. The predicted octanol–water partition coefficient (Wildman–Crippen LogP) is 2.39. The standard InChI is InChI=1S/C14H16N4O4/c1-3-22-13-6-4-11(5-7-13)16-14(19)10(2)17-9-12(8-15-17)18(20)21/h4-10H,3H2,1-2H3,(H,16,19). The Morgan fingerprint density at radius 2 is 2.14 bits per heavy atom. The summed E-state index contributed by atoms with van der Waals surface area (Å²) >= 11 is 0. The van der Waals surface area contributed by atoms with Crippen LogP contribution in [0.25, 0.3) is 0 Å². The van der Waals surface area contributed by atoms with Crippen LogP contribution in [-0.4, -0.2) is 27.2 Å². The van der Waals surface area contributed by atoms with E-state index in [4.69, 9.17) is 4.74 Å². The predicted molar refractivity (Wildman–Crippen MR) is 79.8 cm³/mol. The van der Waals surface area contributed by atoms with Crippen molar-refractivity contribution in [2.75, 3.05) is 11.9 Å². The summed E-state index contributed by atoms with van der Waals surface area (Å²) in [6, 6.07) is 6.29. The molecular weight excluding hydrogens is 288 g/mol. The first-order chi connectivity index (χ1) is 10.5. The molecule has 8 heteroatoms. The van der Waals surface area contributed by atoms with Crippen molar-refractivity contribution in [3.05, 3.63) is 46.8 Å². The number of nitro groups is 1. The third kappa shape index (κ3) is 3.60. The Bertz CT molecular complexity index is 666. The molecule has 0 saturated carbocycles. The highest BCUT2D eigenvalue weighted by Crippen LogP contribution is 2.18. The van der Waals surface area contributed by atoms with Gasteiger partial charge in [-0.1, -0.05) is 0 Å². The first kappa shape index (κ1) is 15.5. The number of benzene rings is 1. The average molecular weight is 304 g/mol. The van der Waals surface area contributed by atoms with Gasteiger partial charge in [0.1, 0.15) is 24.2 Å². The number of nitrogens with one attached hydrogen (secondary N) is 1. The molecule has 0 radical (unpaired) electrons. The molecule has 1 atom stereocenters. The first-order valence-corrected chi connectivity index (χ1v) is 6.73. The molecular formula is C14H16N4O4. The van der Waals surface area contributed by atoms with Gasteiger partial charge in [-0.15, -0.1) is 0 Å². The molecule has 1 aromatic carbocycles. The zero-order chi connectivity index (χ0) is 16.1. The van der Waals surface area contributed by atoms with Crippen LogP contribution >= 0.6 is 0 Å². The smallest absolute Gasteiger partial charge is 0.307 e. The van der Waals surface area contributed by atoms with Gasteiger partial charge < -0.3 is 10.1 Å². The molecule has 0 aliphatic heterocycles. The first-order valence-electron chi connectivity index (χ1n) is 6.73. The number of carbonyl (C=O) groups excluding carboxylic acids is 1. The molecule has 116 valence electrons. The molecule has 1 N–H and O–H groups in total. The highest BCUT2D eigenvalue weighted by Gasteiger charge is 2.19. The van der Waals surface area contributed by atoms with Crippen LogP contribution in [0.3, 0.4) is 0 Å². The average Bonchev–Trinajstić information content (AvgIpc) is 2.99. The van der Waals surface area contributed by atoms with Crippen LogP contribution in [0.4, 0.5) is 11.4 Å². The van der Waals surface area contributed by atoms with Crippen LogP contribution in [0.1, 0.15) is 19.9 Å². The third-order valence-corrected chi connectivity index (χ3v) is 3.01. The van der Waals surface area contributed by atoms with E-state index in [1.807, 2.05) is 6.92 Å². The van der Waals surface area contributed by atoms with E-state index in [9.17, 15) is 14.9 Å².